The highest BCUT2D eigenvalue weighted by atomic mass is 32.3. The number of halogens is 6. The average molecular weight is 491 g/mol. The lowest BCUT2D eigenvalue weighted by Gasteiger charge is -2.32. The molecular weight excluding hydrogens is 476 g/mol. The Morgan fingerprint density at radius 3 is 1.61 bits per heavy atom. The summed E-state index contributed by atoms with van der Waals surface area (Å²) in [5.74, 6) is -12.1. The van der Waals surface area contributed by atoms with Crippen LogP contribution >= 0.6 is 0 Å². The summed E-state index contributed by atoms with van der Waals surface area (Å²) in [5, 5.41) is -6.52. The van der Waals surface area contributed by atoms with Crippen molar-refractivity contribution < 1.29 is 43.2 Å². The fraction of sp³-hybridized carbons (Fsp3) is 0.250. The molecule has 7 nitrogen and oxygen atoms in total. The molecule has 0 saturated carbocycles. The SMILES string of the molecule is Nc1ccc(CC(F)(F)C(F)(F)C(F)(F)S(=O)(=O)NS(=O)(=O)c2ccc(N)cc2)cc1. The molecule has 172 valence electrons. The molecule has 0 heterocycles. The highest BCUT2D eigenvalue weighted by Crippen LogP contribution is 2.49. The first-order chi connectivity index (χ1) is 13.9. The lowest BCUT2D eigenvalue weighted by atomic mass is 10.0. The van der Waals surface area contributed by atoms with Crippen LogP contribution in [0.4, 0.5) is 37.7 Å². The molecule has 2 aromatic rings. The molecule has 0 bridgehead atoms. The van der Waals surface area contributed by atoms with Crippen molar-refractivity contribution in [3.05, 3.63) is 54.1 Å². The lowest BCUT2D eigenvalue weighted by molar-refractivity contribution is -0.278. The summed E-state index contributed by atoms with van der Waals surface area (Å²) < 4.78 is 133. The molecule has 0 aliphatic carbocycles. The van der Waals surface area contributed by atoms with E-state index in [1.54, 1.807) is 0 Å². The normalized spacial score (nSPS) is 13.9. The molecule has 5 N–H and O–H groups in total. The highest BCUT2D eigenvalue weighted by Gasteiger charge is 2.77. The molecule has 0 aromatic heterocycles. The van der Waals surface area contributed by atoms with Crippen LogP contribution in [-0.2, 0) is 26.5 Å². The Morgan fingerprint density at radius 1 is 0.742 bits per heavy atom. The van der Waals surface area contributed by atoms with Gasteiger partial charge >= 0.3 is 17.1 Å². The van der Waals surface area contributed by atoms with E-state index < -0.39 is 54.0 Å². The molecule has 31 heavy (non-hydrogen) atoms. The first-order valence-electron chi connectivity index (χ1n) is 8.04. The first-order valence-corrected chi connectivity index (χ1v) is 11.0. The van der Waals surface area contributed by atoms with Gasteiger partial charge in [-0.2, -0.15) is 26.3 Å². The van der Waals surface area contributed by atoms with Gasteiger partial charge in [-0.25, -0.2) is 16.8 Å². The number of hydrogen-bond donors (Lipinski definition) is 3. The number of alkyl halides is 6. The Kier molecular flexibility index (Phi) is 6.28. The Labute approximate surface area is 173 Å². The topological polar surface area (TPSA) is 132 Å². The van der Waals surface area contributed by atoms with Crippen molar-refractivity contribution in [2.75, 3.05) is 11.5 Å². The summed E-state index contributed by atoms with van der Waals surface area (Å²) in [7, 11) is -12.2. The monoisotopic (exact) mass is 491 g/mol. The van der Waals surface area contributed by atoms with E-state index in [1.807, 2.05) is 0 Å². The zero-order valence-electron chi connectivity index (χ0n) is 15.2. The van der Waals surface area contributed by atoms with E-state index in [0.29, 0.717) is 16.3 Å². The maximum atomic E-state index is 14.2. The number of sulfonamides is 2. The second kappa shape index (κ2) is 7.87. The minimum absolute atomic E-state index is 0.0148. The van der Waals surface area contributed by atoms with E-state index in [0.717, 1.165) is 36.4 Å². The molecule has 0 aliphatic heterocycles. The van der Waals surface area contributed by atoms with Gasteiger partial charge in [0.25, 0.3) is 20.0 Å². The summed E-state index contributed by atoms with van der Waals surface area (Å²) in [5.41, 5.74) is 10.2. The molecule has 2 aromatic carbocycles. The number of benzene rings is 2. The van der Waals surface area contributed by atoms with Crippen molar-refractivity contribution in [3.63, 3.8) is 0 Å². The largest absolute Gasteiger partial charge is 0.427 e. The smallest absolute Gasteiger partial charge is 0.399 e. The highest BCUT2D eigenvalue weighted by molar-refractivity contribution is 8.05. The van der Waals surface area contributed by atoms with Crippen molar-refractivity contribution in [2.45, 2.75) is 28.4 Å². The molecule has 0 atom stereocenters. The maximum absolute atomic E-state index is 14.2. The van der Waals surface area contributed by atoms with Crippen LogP contribution in [0.15, 0.2) is 53.4 Å². The minimum atomic E-state index is -6.87. The zero-order valence-corrected chi connectivity index (χ0v) is 16.8. The van der Waals surface area contributed by atoms with Crippen LogP contribution in [0, 0.1) is 0 Å². The summed E-state index contributed by atoms with van der Waals surface area (Å²) >= 11 is 0. The van der Waals surface area contributed by atoms with Gasteiger partial charge in [0.05, 0.1) is 4.90 Å². The Hall–Kier alpha value is -2.52. The van der Waals surface area contributed by atoms with Crippen LogP contribution in [-0.4, -0.2) is 33.9 Å². The van der Waals surface area contributed by atoms with Crippen molar-refractivity contribution in [1.29, 1.82) is 0 Å². The van der Waals surface area contributed by atoms with Gasteiger partial charge < -0.3 is 11.5 Å². The van der Waals surface area contributed by atoms with Gasteiger partial charge in [0.15, 0.2) is 0 Å². The number of anilines is 2. The third kappa shape index (κ3) is 4.72. The number of nitrogen functional groups attached to an aromatic ring is 2. The number of nitrogens with one attached hydrogen (secondary N) is 1. The molecule has 0 amide bonds. The maximum Gasteiger partial charge on any atom is 0.427 e. The van der Waals surface area contributed by atoms with E-state index in [9.17, 15) is 43.2 Å². The second-order valence-corrected chi connectivity index (χ2v) is 10.0. The molecule has 15 heteroatoms. The Bertz CT molecular complexity index is 1150. The summed E-state index contributed by atoms with van der Waals surface area (Å²) in [6, 6.07) is 7.09. The summed E-state index contributed by atoms with van der Waals surface area (Å²) in [4.78, 5) is -0.932. The quantitative estimate of drug-likeness (QED) is 0.384. The van der Waals surface area contributed by atoms with Crippen molar-refractivity contribution in [3.8, 4) is 0 Å². The van der Waals surface area contributed by atoms with Crippen LogP contribution in [0.1, 0.15) is 5.56 Å². The van der Waals surface area contributed by atoms with Gasteiger partial charge in [-0.1, -0.05) is 16.3 Å². The van der Waals surface area contributed by atoms with E-state index in [1.165, 1.54) is 0 Å². The number of nitrogens with two attached hydrogens (primary N) is 2. The van der Waals surface area contributed by atoms with Gasteiger partial charge in [0, 0.05) is 17.8 Å². The third-order valence-corrected chi connectivity index (χ3v) is 7.56. The first kappa shape index (κ1) is 24.7. The van der Waals surface area contributed by atoms with E-state index in [2.05, 4.69) is 0 Å². The van der Waals surface area contributed by atoms with E-state index >= 15 is 0 Å². The fourth-order valence-electron chi connectivity index (χ4n) is 2.28. The predicted octanol–water partition coefficient (Wildman–Crippen LogP) is 2.57. The van der Waals surface area contributed by atoms with Crippen LogP contribution in [0.3, 0.4) is 0 Å². The van der Waals surface area contributed by atoms with Gasteiger partial charge in [-0.15, -0.1) is 0 Å². The van der Waals surface area contributed by atoms with Gasteiger partial charge in [-0.05, 0) is 42.0 Å². The third-order valence-electron chi connectivity index (χ3n) is 3.98. The molecular formula is C16H15F6N3O4S2. The van der Waals surface area contributed by atoms with Crippen LogP contribution in [0.25, 0.3) is 0 Å². The standard InChI is InChI=1S/C16H15F6N3O4S2/c17-14(18,9-10-1-3-11(23)4-2-10)15(19,20)16(21,22)31(28,29)25-30(26,27)13-7-5-12(24)6-8-13/h1-8,25H,9,23-24H2. The van der Waals surface area contributed by atoms with Gasteiger partial charge in [0.1, 0.15) is 0 Å². The molecule has 0 aliphatic rings. The van der Waals surface area contributed by atoms with Crippen molar-refractivity contribution >= 4 is 31.4 Å². The fourth-order valence-corrected chi connectivity index (χ4v) is 5.22. The predicted molar refractivity (Wildman–Crippen MR) is 99.5 cm³/mol. The number of rotatable bonds is 8. The molecule has 0 spiro atoms. The molecule has 0 fully saturated rings. The molecule has 0 unspecified atom stereocenters. The molecule has 0 radical (unpaired) electrons. The zero-order chi connectivity index (χ0) is 23.9. The number of hydrogen-bond acceptors (Lipinski definition) is 6. The summed E-state index contributed by atoms with van der Waals surface area (Å²) in [6.07, 6.45) is -1.98. The van der Waals surface area contributed by atoms with Crippen molar-refractivity contribution in [2.24, 2.45) is 0 Å². The molecule has 0 saturated heterocycles. The minimum Gasteiger partial charge on any atom is -0.399 e. The molecule has 2 rings (SSSR count). The van der Waals surface area contributed by atoms with E-state index in [4.69, 9.17) is 11.5 Å². The van der Waals surface area contributed by atoms with Gasteiger partial charge in [-0.3, -0.25) is 0 Å². The van der Waals surface area contributed by atoms with Crippen LogP contribution in [0.2, 0.25) is 0 Å². The van der Waals surface area contributed by atoms with Gasteiger partial charge in [0.2, 0.25) is 0 Å². The lowest BCUT2D eigenvalue weighted by Crippen LogP contribution is -2.61. The Morgan fingerprint density at radius 2 is 1.16 bits per heavy atom. The van der Waals surface area contributed by atoms with Crippen LogP contribution < -0.4 is 15.6 Å². The van der Waals surface area contributed by atoms with Crippen LogP contribution in [0.5, 0.6) is 0 Å². The average Bonchev–Trinajstić information content (AvgIpc) is 2.62. The Balaban J connectivity index is 2.39. The second-order valence-electron chi connectivity index (χ2n) is 6.37. The van der Waals surface area contributed by atoms with E-state index in [-0.39, 0.29) is 11.4 Å². The summed E-state index contributed by atoms with van der Waals surface area (Å²) in [6.45, 7) is 0. The van der Waals surface area contributed by atoms with Crippen molar-refractivity contribution in [1.82, 2.24) is 4.13 Å².